The van der Waals surface area contributed by atoms with Gasteiger partial charge in [0.2, 0.25) is 0 Å². The van der Waals surface area contributed by atoms with Crippen molar-refractivity contribution in [2.24, 2.45) is 5.73 Å². The van der Waals surface area contributed by atoms with E-state index in [4.69, 9.17) is 20.6 Å². The molecular formula is C9H14NO6P. The summed E-state index contributed by atoms with van der Waals surface area (Å²) in [5.74, 6) is -1.16. The Morgan fingerprint density at radius 3 is 2.53 bits per heavy atom. The quantitative estimate of drug-likeness (QED) is 0.432. The lowest BCUT2D eigenvalue weighted by Gasteiger charge is -2.27. The first kappa shape index (κ1) is 14.1. The summed E-state index contributed by atoms with van der Waals surface area (Å²) in [4.78, 5) is 28.3. The molecule has 0 radical (unpaired) electrons. The van der Waals surface area contributed by atoms with Gasteiger partial charge in [0.05, 0.1) is 0 Å². The molecule has 7 nitrogen and oxygen atoms in total. The second-order valence-electron chi connectivity index (χ2n) is 3.89. The van der Waals surface area contributed by atoms with Gasteiger partial charge in [-0.15, -0.1) is 0 Å². The minimum atomic E-state index is -4.66. The summed E-state index contributed by atoms with van der Waals surface area (Å²) in [6.07, 6.45) is 3.42. The molecule has 1 unspecified atom stereocenters. The first-order chi connectivity index (χ1) is 7.66. The summed E-state index contributed by atoms with van der Waals surface area (Å²) in [5, 5.41) is 16.0. The molecule has 0 saturated heterocycles. The van der Waals surface area contributed by atoms with Crippen LogP contribution in [0.25, 0.3) is 0 Å². The fourth-order valence-corrected chi connectivity index (χ4v) is 1.96. The highest BCUT2D eigenvalue weighted by molar-refractivity contribution is 7.53. The standard InChI is InChI=1S/C9H14NO6P/c10-7(8(11)12)5-6-1-3-9(13,4-2-6)17(14,15)16/h1-3,7,13H,4-5,10H2,(H,11,12)(H2,14,15,16)/t7-,9?/m0/s1. The molecule has 17 heavy (non-hydrogen) atoms. The molecule has 6 N–H and O–H groups in total. The van der Waals surface area contributed by atoms with Crippen LogP contribution in [0.3, 0.4) is 0 Å². The predicted octanol–water partition coefficient (Wildman–Crippen LogP) is -0.459. The minimum Gasteiger partial charge on any atom is -0.480 e. The molecule has 0 heterocycles. The van der Waals surface area contributed by atoms with Gasteiger partial charge in [-0.3, -0.25) is 9.36 Å². The number of rotatable bonds is 4. The summed E-state index contributed by atoms with van der Waals surface area (Å²) in [7, 11) is -4.66. The highest BCUT2D eigenvalue weighted by Crippen LogP contribution is 2.53. The predicted molar refractivity (Wildman–Crippen MR) is 59.1 cm³/mol. The van der Waals surface area contributed by atoms with Crippen LogP contribution in [0.15, 0.2) is 23.8 Å². The Balaban J connectivity index is 2.73. The summed E-state index contributed by atoms with van der Waals surface area (Å²) in [6, 6.07) is -1.08. The number of carboxylic acids is 1. The largest absolute Gasteiger partial charge is 0.480 e. The van der Waals surface area contributed by atoms with E-state index in [2.05, 4.69) is 0 Å². The molecule has 0 aromatic heterocycles. The Morgan fingerprint density at radius 2 is 2.18 bits per heavy atom. The molecular weight excluding hydrogens is 249 g/mol. The van der Waals surface area contributed by atoms with Gasteiger partial charge < -0.3 is 25.7 Å². The van der Waals surface area contributed by atoms with E-state index in [0.29, 0.717) is 5.57 Å². The van der Waals surface area contributed by atoms with Crippen LogP contribution < -0.4 is 5.73 Å². The van der Waals surface area contributed by atoms with Crippen molar-refractivity contribution in [3.05, 3.63) is 23.8 Å². The number of hydrogen-bond donors (Lipinski definition) is 5. The Kier molecular flexibility index (Phi) is 3.91. The highest BCUT2D eigenvalue weighted by atomic mass is 31.2. The number of aliphatic hydroxyl groups is 1. The van der Waals surface area contributed by atoms with Gasteiger partial charge in [0.25, 0.3) is 0 Å². The van der Waals surface area contributed by atoms with Crippen molar-refractivity contribution < 1.29 is 29.4 Å². The molecule has 8 heteroatoms. The average Bonchev–Trinajstić information content (AvgIpc) is 2.19. The summed E-state index contributed by atoms with van der Waals surface area (Å²) >= 11 is 0. The third kappa shape index (κ3) is 3.24. The fraction of sp³-hybridized carbons (Fsp3) is 0.444. The Hall–Kier alpha value is -0.980. The zero-order chi connectivity index (χ0) is 13.3. The maximum absolute atomic E-state index is 11.0. The van der Waals surface area contributed by atoms with Crippen LogP contribution in [0.4, 0.5) is 0 Å². The van der Waals surface area contributed by atoms with Crippen molar-refractivity contribution in [3.63, 3.8) is 0 Å². The molecule has 0 amide bonds. The van der Waals surface area contributed by atoms with Crippen molar-refractivity contribution >= 4 is 13.6 Å². The topological polar surface area (TPSA) is 141 Å². The molecule has 0 saturated carbocycles. The van der Waals surface area contributed by atoms with Gasteiger partial charge >= 0.3 is 13.6 Å². The van der Waals surface area contributed by atoms with E-state index in [1.807, 2.05) is 0 Å². The van der Waals surface area contributed by atoms with Crippen LogP contribution >= 0.6 is 7.60 Å². The zero-order valence-electron chi connectivity index (χ0n) is 8.85. The normalized spacial score (nSPS) is 26.5. The molecule has 1 aliphatic carbocycles. The van der Waals surface area contributed by atoms with E-state index in [-0.39, 0.29) is 12.8 Å². The third-order valence-electron chi connectivity index (χ3n) is 2.51. The van der Waals surface area contributed by atoms with E-state index in [1.165, 1.54) is 12.2 Å². The van der Waals surface area contributed by atoms with Crippen molar-refractivity contribution in [2.45, 2.75) is 24.2 Å². The van der Waals surface area contributed by atoms with Crippen molar-refractivity contribution in [2.75, 3.05) is 0 Å². The molecule has 0 aromatic carbocycles. The molecule has 96 valence electrons. The van der Waals surface area contributed by atoms with Gasteiger partial charge in [0, 0.05) is 6.42 Å². The van der Waals surface area contributed by atoms with Gasteiger partial charge in [-0.05, 0) is 18.1 Å². The van der Waals surface area contributed by atoms with Crippen molar-refractivity contribution in [3.8, 4) is 0 Å². The van der Waals surface area contributed by atoms with E-state index < -0.39 is 24.9 Å². The van der Waals surface area contributed by atoms with Crippen molar-refractivity contribution in [1.29, 1.82) is 0 Å². The number of aliphatic carboxylic acids is 1. The molecule has 0 bridgehead atoms. The molecule has 1 rings (SSSR count). The Morgan fingerprint density at radius 1 is 1.59 bits per heavy atom. The summed E-state index contributed by atoms with van der Waals surface area (Å²) < 4.78 is 11.0. The lowest BCUT2D eigenvalue weighted by molar-refractivity contribution is -0.138. The number of carboxylic acid groups (broad SMARTS) is 1. The molecule has 2 atom stereocenters. The molecule has 0 spiro atoms. The number of carbonyl (C=O) groups is 1. The number of allylic oxidation sites excluding steroid dienone is 1. The van der Waals surface area contributed by atoms with Gasteiger partial charge in [0.15, 0.2) is 5.34 Å². The van der Waals surface area contributed by atoms with Crippen LogP contribution in [-0.4, -0.2) is 37.4 Å². The molecule has 0 fully saturated rings. The maximum Gasteiger partial charge on any atom is 0.361 e. The van der Waals surface area contributed by atoms with Gasteiger partial charge in [-0.25, -0.2) is 0 Å². The van der Waals surface area contributed by atoms with Gasteiger partial charge in [-0.2, -0.15) is 0 Å². The van der Waals surface area contributed by atoms with Crippen LogP contribution in [0, 0.1) is 0 Å². The van der Waals surface area contributed by atoms with Crippen LogP contribution in [0.2, 0.25) is 0 Å². The highest BCUT2D eigenvalue weighted by Gasteiger charge is 2.43. The second-order valence-corrected chi connectivity index (χ2v) is 5.75. The summed E-state index contributed by atoms with van der Waals surface area (Å²) in [5.41, 5.74) is 5.84. The first-order valence-corrected chi connectivity index (χ1v) is 6.41. The van der Waals surface area contributed by atoms with Crippen molar-refractivity contribution in [1.82, 2.24) is 0 Å². The van der Waals surface area contributed by atoms with E-state index in [1.54, 1.807) is 0 Å². The van der Waals surface area contributed by atoms with Crippen LogP contribution in [0.5, 0.6) is 0 Å². The minimum absolute atomic E-state index is 0.0447. The van der Waals surface area contributed by atoms with Gasteiger partial charge in [0.1, 0.15) is 6.04 Å². The SMILES string of the molecule is N[C@@H](CC1=CCC(O)(P(=O)(O)O)C=C1)C(=O)O. The average molecular weight is 263 g/mol. The number of nitrogens with two attached hydrogens (primary N) is 1. The van der Waals surface area contributed by atoms with E-state index >= 15 is 0 Å². The molecule has 0 aliphatic heterocycles. The third-order valence-corrected chi connectivity index (χ3v) is 3.85. The Labute approximate surface area is 97.4 Å². The zero-order valence-corrected chi connectivity index (χ0v) is 9.75. The first-order valence-electron chi connectivity index (χ1n) is 4.80. The van der Waals surface area contributed by atoms with Crippen LogP contribution in [0.1, 0.15) is 12.8 Å². The molecule has 0 aromatic rings. The Bertz CT molecular complexity index is 425. The van der Waals surface area contributed by atoms with E-state index in [9.17, 15) is 14.5 Å². The fourth-order valence-electron chi connectivity index (χ4n) is 1.37. The second kappa shape index (κ2) is 4.72. The monoisotopic (exact) mass is 263 g/mol. The smallest absolute Gasteiger partial charge is 0.361 e. The maximum atomic E-state index is 11.0. The number of hydrogen-bond acceptors (Lipinski definition) is 4. The lowest BCUT2D eigenvalue weighted by Crippen LogP contribution is -2.31. The van der Waals surface area contributed by atoms with Gasteiger partial charge in [-0.1, -0.05) is 12.2 Å². The summed E-state index contributed by atoms with van der Waals surface area (Å²) in [6.45, 7) is 0. The lowest BCUT2D eigenvalue weighted by atomic mass is 9.99. The molecule has 1 aliphatic rings. The van der Waals surface area contributed by atoms with Crippen LogP contribution in [-0.2, 0) is 9.36 Å². The van der Waals surface area contributed by atoms with E-state index in [0.717, 1.165) is 6.08 Å².